The van der Waals surface area contributed by atoms with Crippen molar-refractivity contribution in [1.29, 1.82) is 5.26 Å². The molecule has 0 saturated carbocycles. The van der Waals surface area contributed by atoms with Crippen LogP contribution in [-0.4, -0.2) is 56.3 Å². The molecule has 1 aliphatic heterocycles. The number of nitriles is 1. The zero-order chi connectivity index (χ0) is 23.3. The Morgan fingerprint density at radius 3 is 2.30 bits per heavy atom. The van der Waals surface area contributed by atoms with Gasteiger partial charge in [0.1, 0.15) is 0 Å². The highest BCUT2D eigenvalue weighted by atomic mass is 32.2. The number of thiophene rings is 1. The number of amides is 1. The van der Waals surface area contributed by atoms with E-state index in [4.69, 9.17) is 5.26 Å². The van der Waals surface area contributed by atoms with Crippen molar-refractivity contribution in [1.82, 2.24) is 14.5 Å². The largest absolute Gasteiger partial charge is 0.343 e. The lowest BCUT2D eigenvalue weighted by atomic mass is 10.1. The molecule has 170 valence electrons. The van der Waals surface area contributed by atoms with Crippen LogP contribution in [0.25, 0.3) is 0 Å². The summed E-state index contributed by atoms with van der Waals surface area (Å²) >= 11 is 1.60. The fourth-order valence-electron chi connectivity index (χ4n) is 3.81. The van der Waals surface area contributed by atoms with Gasteiger partial charge in [-0.2, -0.15) is 9.57 Å². The maximum atomic E-state index is 12.9. The number of benzene rings is 2. The van der Waals surface area contributed by atoms with E-state index in [1.807, 2.05) is 58.8 Å². The summed E-state index contributed by atoms with van der Waals surface area (Å²) in [5.41, 5.74) is 1.44. The summed E-state index contributed by atoms with van der Waals surface area (Å²) in [5.74, 6) is -0.0966. The first-order chi connectivity index (χ1) is 16.0. The van der Waals surface area contributed by atoms with E-state index < -0.39 is 10.0 Å². The Labute approximate surface area is 197 Å². The first-order valence-electron chi connectivity index (χ1n) is 10.6. The number of nitrogens with zero attached hydrogens (tertiary/aromatic N) is 3. The van der Waals surface area contributed by atoms with E-state index in [2.05, 4.69) is 5.32 Å². The Kier molecular flexibility index (Phi) is 7.20. The van der Waals surface area contributed by atoms with E-state index in [1.165, 1.54) is 28.6 Å². The molecule has 9 heteroatoms. The normalized spacial score (nSPS) is 16.1. The molecule has 7 nitrogen and oxygen atoms in total. The van der Waals surface area contributed by atoms with Crippen LogP contribution in [0, 0.1) is 11.3 Å². The van der Waals surface area contributed by atoms with Gasteiger partial charge in [0.25, 0.3) is 0 Å². The number of nitrogens with one attached hydrogen (secondary N) is 1. The molecule has 1 aromatic heterocycles. The Morgan fingerprint density at radius 2 is 1.70 bits per heavy atom. The maximum Gasteiger partial charge on any atom is 0.243 e. The predicted molar refractivity (Wildman–Crippen MR) is 127 cm³/mol. The molecule has 3 aromatic rings. The topological polar surface area (TPSA) is 93.5 Å². The van der Waals surface area contributed by atoms with Crippen LogP contribution in [0.4, 0.5) is 0 Å². The van der Waals surface area contributed by atoms with Crippen molar-refractivity contribution < 1.29 is 13.2 Å². The second-order valence-electron chi connectivity index (χ2n) is 7.74. The molecular weight excluding hydrogens is 456 g/mol. The molecule has 0 aliphatic carbocycles. The van der Waals surface area contributed by atoms with Crippen molar-refractivity contribution in [2.75, 3.05) is 32.7 Å². The van der Waals surface area contributed by atoms with Crippen molar-refractivity contribution in [3.05, 3.63) is 88.1 Å². The molecule has 0 spiro atoms. The molecule has 1 fully saturated rings. The highest BCUT2D eigenvalue weighted by molar-refractivity contribution is 7.89. The smallest absolute Gasteiger partial charge is 0.243 e. The van der Waals surface area contributed by atoms with Gasteiger partial charge in [0.05, 0.1) is 29.1 Å². The van der Waals surface area contributed by atoms with E-state index >= 15 is 0 Å². The van der Waals surface area contributed by atoms with Crippen molar-refractivity contribution in [2.24, 2.45) is 0 Å². The Balaban J connectivity index is 1.35. The fraction of sp³-hybridized carbons (Fsp3) is 0.250. The number of rotatable bonds is 7. The Morgan fingerprint density at radius 1 is 1.00 bits per heavy atom. The van der Waals surface area contributed by atoms with Gasteiger partial charge in [0, 0.05) is 31.1 Å². The fourth-order valence-corrected chi connectivity index (χ4v) is 6.03. The SMILES string of the molecule is N#Cc1ccc(S(=O)(=O)N2CCN(CC(=O)NC(c3ccccc3)c3cccs3)CC2)cc1. The zero-order valence-corrected chi connectivity index (χ0v) is 19.6. The van der Waals surface area contributed by atoms with Crippen LogP contribution in [0.3, 0.4) is 0 Å². The second-order valence-corrected chi connectivity index (χ2v) is 10.7. The quantitative estimate of drug-likeness (QED) is 0.561. The molecule has 1 atom stereocenters. The van der Waals surface area contributed by atoms with Crippen LogP contribution < -0.4 is 5.32 Å². The molecule has 4 rings (SSSR count). The van der Waals surface area contributed by atoms with Gasteiger partial charge in [-0.1, -0.05) is 36.4 Å². The van der Waals surface area contributed by atoms with E-state index in [9.17, 15) is 13.2 Å². The Hall–Kier alpha value is -3.03. The predicted octanol–water partition coefficient (Wildman–Crippen LogP) is 2.83. The summed E-state index contributed by atoms with van der Waals surface area (Å²) in [6.07, 6.45) is 0. The van der Waals surface area contributed by atoms with Crippen LogP contribution in [0.15, 0.2) is 77.0 Å². The number of carbonyl (C=O) groups excluding carboxylic acids is 1. The molecule has 2 aromatic carbocycles. The molecule has 1 N–H and O–H groups in total. The van der Waals surface area contributed by atoms with Crippen LogP contribution in [0.2, 0.25) is 0 Å². The van der Waals surface area contributed by atoms with E-state index in [-0.39, 0.29) is 23.4 Å². The monoisotopic (exact) mass is 480 g/mol. The van der Waals surface area contributed by atoms with Crippen LogP contribution in [0.5, 0.6) is 0 Å². The summed E-state index contributed by atoms with van der Waals surface area (Å²) in [7, 11) is -3.63. The Bertz CT molecular complexity index is 1210. The lowest BCUT2D eigenvalue weighted by molar-refractivity contribution is -0.123. The highest BCUT2D eigenvalue weighted by Gasteiger charge is 2.29. The average molecular weight is 481 g/mol. The van der Waals surface area contributed by atoms with Gasteiger partial charge in [-0.15, -0.1) is 11.3 Å². The summed E-state index contributed by atoms with van der Waals surface area (Å²) in [6, 6.07) is 21.5. The molecular formula is C24H24N4O3S2. The second kappa shape index (κ2) is 10.3. The molecule has 0 bridgehead atoms. The van der Waals surface area contributed by atoms with Crippen molar-refractivity contribution in [3.8, 4) is 6.07 Å². The maximum absolute atomic E-state index is 12.9. The summed E-state index contributed by atoms with van der Waals surface area (Å²) in [6.45, 7) is 1.76. The van der Waals surface area contributed by atoms with Crippen LogP contribution in [0.1, 0.15) is 22.0 Å². The van der Waals surface area contributed by atoms with Crippen molar-refractivity contribution >= 4 is 27.3 Å². The van der Waals surface area contributed by atoms with Crippen LogP contribution in [-0.2, 0) is 14.8 Å². The standard InChI is InChI=1S/C24H24N4O3S2/c25-17-19-8-10-21(11-9-19)33(30,31)28-14-12-27(13-15-28)18-23(29)26-24(22-7-4-16-32-22)20-5-2-1-3-6-20/h1-11,16,24H,12-15,18H2,(H,26,29). The summed E-state index contributed by atoms with van der Waals surface area (Å²) in [5, 5.41) is 14.0. The number of sulfonamides is 1. The number of piperazine rings is 1. The number of carbonyl (C=O) groups is 1. The zero-order valence-electron chi connectivity index (χ0n) is 17.9. The third kappa shape index (κ3) is 5.49. The molecule has 2 heterocycles. The van der Waals surface area contributed by atoms with Crippen molar-refractivity contribution in [2.45, 2.75) is 10.9 Å². The van der Waals surface area contributed by atoms with Gasteiger partial charge in [-0.25, -0.2) is 8.42 Å². The lowest BCUT2D eigenvalue weighted by Gasteiger charge is -2.33. The molecule has 33 heavy (non-hydrogen) atoms. The third-order valence-corrected chi connectivity index (χ3v) is 8.44. The van der Waals surface area contributed by atoms with E-state index in [0.29, 0.717) is 31.7 Å². The molecule has 1 saturated heterocycles. The van der Waals surface area contributed by atoms with Gasteiger partial charge in [-0.05, 0) is 41.3 Å². The van der Waals surface area contributed by atoms with Gasteiger partial charge >= 0.3 is 0 Å². The van der Waals surface area contributed by atoms with E-state index in [1.54, 1.807) is 11.3 Å². The van der Waals surface area contributed by atoms with E-state index in [0.717, 1.165) is 10.4 Å². The van der Waals surface area contributed by atoms with Crippen LogP contribution >= 0.6 is 11.3 Å². The summed E-state index contributed by atoms with van der Waals surface area (Å²) in [4.78, 5) is 16.1. The minimum atomic E-state index is -3.63. The first-order valence-corrected chi connectivity index (χ1v) is 12.9. The summed E-state index contributed by atoms with van der Waals surface area (Å²) < 4.78 is 27.2. The van der Waals surface area contributed by atoms with Gasteiger partial charge < -0.3 is 5.32 Å². The number of hydrogen-bond acceptors (Lipinski definition) is 6. The highest BCUT2D eigenvalue weighted by Crippen LogP contribution is 2.26. The minimum Gasteiger partial charge on any atom is -0.343 e. The average Bonchev–Trinajstić information content (AvgIpc) is 3.38. The van der Waals surface area contributed by atoms with Gasteiger partial charge in [0.2, 0.25) is 15.9 Å². The lowest BCUT2D eigenvalue weighted by Crippen LogP contribution is -2.51. The molecule has 0 radical (unpaired) electrons. The van der Waals surface area contributed by atoms with Gasteiger partial charge in [-0.3, -0.25) is 9.69 Å². The minimum absolute atomic E-state index is 0.0966. The third-order valence-electron chi connectivity index (χ3n) is 5.59. The molecule has 1 aliphatic rings. The van der Waals surface area contributed by atoms with Gasteiger partial charge in [0.15, 0.2) is 0 Å². The molecule has 1 amide bonds. The van der Waals surface area contributed by atoms with Crippen molar-refractivity contribution in [3.63, 3.8) is 0 Å². The first kappa shape index (κ1) is 23.1. The number of hydrogen-bond donors (Lipinski definition) is 1. The molecule has 1 unspecified atom stereocenters.